The zero-order valence-corrected chi connectivity index (χ0v) is 18.1. The monoisotopic (exact) mass is 468 g/mol. The number of pyridine rings is 1. The van der Waals surface area contributed by atoms with E-state index in [2.05, 4.69) is 19.9 Å². The quantitative estimate of drug-likeness (QED) is 0.431. The second kappa shape index (κ2) is 7.85. The van der Waals surface area contributed by atoms with Crippen LogP contribution in [0.1, 0.15) is 16.1 Å². The Hall–Kier alpha value is -3.99. The van der Waals surface area contributed by atoms with Gasteiger partial charge in [0.1, 0.15) is 18.9 Å². The molecule has 3 heterocycles. The Balaban J connectivity index is 1.55. The zero-order chi connectivity index (χ0) is 23.2. The van der Waals surface area contributed by atoms with Crippen molar-refractivity contribution in [3.8, 4) is 22.6 Å². The third-order valence-corrected chi connectivity index (χ3v) is 5.64. The summed E-state index contributed by atoms with van der Waals surface area (Å²) in [6.45, 7) is 0.935. The summed E-state index contributed by atoms with van der Waals surface area (Å²) < 4.78 is 51.1. The summed E-state index contributed by atoms with van der Waals surface area (Å²) in [5.74, 6) is -0.437. The number of carbonyl (C=O) groups is 1. The molecule has 168 valence electrons. The largest absolute Gasteiger partial charge is 0.486 e. The van der Waals surface area contributed by atoms with Crippen molar-refractivity contribution in [1.82, 2.24) is 15.2 Å². The van der Waals surface area contributed by atoms with Gasteiger partial charge in [-0.15, -0.1) is 0 Å². The van der Waals surface area contributed by atoms with Gasteiger partial charge in [-0.1, -0.05) is 12.1 Å². The number of carbonyl (C=O) groups excluding carboxylic acids is 1. The second-order valence-electron chi connectivity index (χ2n) is 7.42. The molecule has 2 aromatic carbocycles. The highest BCUT2D eigenvalue weighted by Crippen LogP contribution is 2.35. The van der Waals surface area contributed by atoms with E-state index in [1.54, 1.807) is 18.3 Å². The fraction of sp³-hybridized carbons (Fsp3) is 0.136. The second-order valence-corrected chi connectivity index (χ2v) is 9.17. The maximum Gasteiger partial charge on any atom is 0.229 e. The molecule has 1 aliphatic rings. The number of anilines is 1. The molecule has 0 spiro atoms. The summed E-state index contributed by atoms with van der Waals surface area (Å²) in [5, 5.41) is 7.11. The highest BCUT2D eigenvalue weighted by atomic mass is 32.2. The van der Waals surface area contributed by atoms with Gasteiger partial charge in [0.05, 0.1) is 22.9 Å². The van der Waals surface area contributed by atoms with Crippen molar-refractivity contribution in [2.24, 2.45) is 0 Å². The van der Waals surface area contributed by atoms with E-state index in [4.69, 9.17) is 9.47 Å². The van der Waals surface area contributed by atoms with Crippen LogP contribution >= 0.6 is 0 Å². The Kier molecular flexibility index (Phi) is 4.97. The van der Waals surface area contributed by atoms with E-state index >= 15 is 0 Å². The fourth-order valence-corrected chi connectivity index (χ4v) is 4.13. The van der Waals surface area contributed by atoms with Gasteiger partial charge in [-0.2, -0.15) is 5.10 Å². The highest BCUT2D eigenvalue weighted by Gasteiger charge is 2.23. The molecule has 5 rings (SSSR count). The van der Waals surface area contributed by atoms with Crippen molar-refractivity contribution >= 4 is 32.5 Å². The van der Waals surface area contributed by atoms with Crippen molar-refractivity contribution in [2.75, 3.05) is 24.2 Å². The summed E-state index contributed by atoms with van der Waals surface area (Å²) in [6, 6.07) is 11.1. The van der Waals surface area contributed by atoms with Crippen LogP contribution in [-0.2, 0) is 10.0 Å². The van der Waals surface area contributed by atoms with Crippen LogP contribution < -0.4 is 14.2 Å². The number of benzene rings is 2. The number of aromatic nitrogens is 3. The van der Waals surface area contributed by atoms with Gasteiger partial charge in [0.15, 0.2) is 23.0 Å². The maximum atomic E-state index is 14.9. The number of rotatable bonds is 5. The Morgan fingerprint density at radius 3 is 2.67 bits per heavy atom. The first kappa shape index (κ1) is 20.9. The third kappa shape index (κ3) is 3.98. The normalized spacial score (nSPS) is 13.2. The number of sulfonamides is 1. The Morgan fingerprint density at radius 1 is 1.09 bits per heavy atom. The molecule has 11 heteroatoms. The minimum atomic E-state index is -3.73. The van der Waals surface area contributed by atoms with Crippen molar-refractivity contribution < 1.29 is 27.1 Å². The molecule has 0 fully saturated rings. The lowest BCUT2D eigenvalue weighted by atomic mass is 10.0. The molecule has 0 saturated carbocycles. The molecular formula is C22H17FN4O5S. The molecule has 2 N–H and O–H groups in total. The van der Waals surface area contributed by atoms with Gasteiger partial charge in [-0.3, -0.25) is 14.6 Å². The van der Waals surface area contributed by atoms with Crippen molar-refractivity contribution in [1.29, 1.82) is 0 Å². The third-order valence-electron chi connectivity index (χ3n) is 5.05. The van der Waals surface area contributed by atoms with Crippen LogP contribution in [0.2, 0.25) is 0 Å². The van der Waals surface area contributed by atoms with E-state index < -0.39 is 21.6 Å². The Labute approximate surface area is 187 Å². The van der Waals surface area contributed by atoms with Gasteiger partial charge < -0.3 is 9.47 Å². The minimum absolute atomic E-state index is 0.0349. The topological polar surface area (TPSA) is 123 Å². The number of nitrogens with zero attached hydrogens (tertiary/aromatic N) is 2. The molecular weight excluding hydrogens is 451 g/mol. The van der Waals surface area contributed by atoms with Gasteiger partial charge in [0.25, 0.3) is 0 Å². The van der Waals surface area contributed by atoms with E-state index in [1.807, 2.05) is 12.1 Å². The molecule has 1 aliphatic heterocycles. The zero-order valence-electron chi connectivity index (χ0n) is 17.3. The minimum Gasteiger partial charge on any atom is -0.486 e. The number of nitrogens with one attached hydrogen (secondary N) is 2. The van der Waals surface area contributed by atoms with E-state index in [1.165, 1.54) is 18.2 Å². The summed E-state index contributed by atoms with van der Waals surface area (Å²) in [4.78, 5) is 17.5. The van der Waals surface area contributed by atoms with Crippen LogP contribution in [0.25, 0.3) is 22.2 Å². The molecule has 0 atom stereocenters. The summed E-state index contributed by atoms with van der Waals surface area (Å²) in [7, 11) is -3.73. The molecule has 0 aliphatic carbocycles. The number of ether oxygens (including phenoxy) is 2. The number of hydrogen-bond acceptors (Lipinski definition) is 7. The van der Waals surface area contributed by atoms with Gasteiger partial charge in [-0.25, -0.2) is 17.8 Å². The van der Waals surface area contributed by atoms with Gasteiger partial charge >= 0.3 is 0 Å². The average Bonchev–Trinajstić information content (AvgIpc) is 3.22. The SMILES string of the molecule is CS(=O)(=O)Nc1cccc(C(=O)c2n[nH]c3ncc(-c4ccc5c(c4)OCCO5)cc23)c1F. The molecule has 0 amide bonds. The Bertz CT molecular complexity index is 1520. The van der Waals surface area contributed by atoms with Gasteiger partial charge in [-0.05, 0) is 35.9 Å². The lowest BCUT2D eigenvalue weighted by Crippen LogP contribution is -2.15. The van der Waals surface area contributed by atoms with Crippen molar-refractivity contribution in [3.05, 3.63) is 65.7 Å². The number of fused-ring (bicyclic) bond motifs is 2. The lowest BCUT2D eigenvalue weighted by molar-refractivity contribution is 0.103. The summed E-state index contributed by atoms with van der Waals surface area (Å²) in [5.41, 5.74) is 1.17. The molecule has 0 saturated heterocycles. The van der Waals surface area contributed by atoms with Crippen LogP contribution in [0.4, 0.5) is 10.1 Å². The smallest absolute Gasteiger partial charge is 0.229 e. The van der Waals surface area contributed by atoms with Crippen LogP contribution in [0.15, 0.2) is 48.7 Å². The average molecular weight is 468 g/mol. The highest BCUT2D eigenvalue weighted by molar-refractivity contribution is 7.92. The van der Waals surface area contributed by atoms with Gasteiger partial charge in [0, 0.05) is 11.8 Å². The predicted octanol–water partition coefficient (Wildman–Crippen LogP) is 3.14. The van der Waals surface area contributed by atoms with Crippen LogP contribution in [-0.4, -0.2) is 48.9 Å². The van der Waals surface area contributed by atoms with Crippen LogP contribution in [0, 0.1) is 5.82 Å². The van der Waals surface area contributed by atoms with Crippen molar-refractivity contribution in [3.63, 3.8) is 0 Å². The molecule has 4 aromatic rings. The molecule has 9 nitrogen and oxygen atoms in total. The van der Waals surface area contributed by atoms with E-state index in [-0.39, 0.29) is 16.9 Å². The standard InChI is InChI=1S/C22H17FN4O5S/c1-33(29,30)27-16-4-2-3-14(19(16)23)21(28)20-15-9-13(11-24-22(15)26-25-20)12-5-6-17-18(10-12)32-8-7-31-17/h2-6,9-11,27H,7-8H2,1H3,(H,24,25,26). The van der Waals surface area contributed by atoms with E-state index in [0.29, 0.717) is 41.3 Å². The number of H-pyrrole nitrogens is 1. The molecule has 0 radical (unpaired) electrons. The van der Waals surface area contributed by atoms with E-state index in [9.17, 15) is 17.6 Å². The van der Waals surface area contributed by atoms with Crippen LogP contribution in [0.3, 0.4) is 0 Å². The first-order chi connectivity index (χ1) is 15.8. The van der Waals surface area contributed by atoms with E-state index in [0.717, 1.165) is 11.8 Å². The number of ketones is 1. The molecule has 0 bridgehead atoms. The van der Waals surface area contributed by atoms with Crippen LogP contribution in [0.5, 0.6) is 11.5 Å². The number of halogens is 1. The summed E-state index contributed by atoms with van der Waals surface area (Å²) >= 11 is 0. The maximum absolute atomic E-state index is 14.9. The first-order valence-electron chi connectivity index (χ1n) is 9.85. The molecule has 0 unspecified atom stereocenters. The predicted molar refractivity (Wildman–Crippen MR) is 119 cm³/mol. The van der Waals surface area contributed by atoms with Gasteiger partial charge in [0.2, 0.25) is 15.8 Å². The fourth-order valence-electron chi connectivity index (χ4n) is 3.57. The molecule has 33 heavy (non-hydrogen) atoms. The molecule has 2 aromatic heterocycles. The Morgan fingerprint density at radius 2 is 1.88 bits per heavy atom. The first-order valence-corrected chi connectivity index (χ1v) is 11.7. The summed E-state index contributed by atoms with van der Waals surface area (Å²) in [6.07, 6.45) is 2.52. The number of hydrogen-bond donors (Lipinski definition) is 2. The lowest BCUT2D eigenvalue weighted by Gasteiger charge is -2.18. The number of aromatic amines is 1. The van der Waals surface area contributed by atoms with Crippen molar-refractivity contribution in [2.45, 2.75) is 0 Å².